The van der Waals surface area contributed by atoms with Gasteiger partial charge in [-0.1, -0.05) is 42.5 Å². The molecule has 2 rings (SSSR count). The van der Waals surface area contributed by atoms with Gasteiger partial charge >= 0.3 is 5.97 Å². The third-order valence-corrected chi connectivity index (χ3v) is 3.64. The Hall–Kier alpha value is -1.42. The van der Waals surface area contributed by atoms with Crippen LogP contribution in [0.15, 0.2) is 30.3 Å². The maximum absolute atomic E-state index is 12.3. The van der Waals surface area contributed by atoms with Gasteiger partial charge in [0.1, 0.15) is 11.6 Å². The number of carbonyl (C=O) groups excluding carboxylic acids is 1. The monoisotopic (exact) mass is 291 g/mol. The molecule has 1 heterocycles. The molecule has 1 saturated heterocycles. The molecule has 1 aromatic carbocycles. The molecule has 3 nitrogen and oxygen atoms in total. The minimum atomic E-state index is -0.459. The maximum Gasteiger partial charge on any atom is 0.329 e. The van der Waals surface area contributed by atoms with Crippen LogP contribution in [-0.2, 0) is 16.1 Å². The van der Waals surface area contributed by atoms with E-state index in [1.165, 1.54) is 0 Å². The van der Waals surface area contributed by atoms with E-state index in [2.05, 4.69) is 0 Å². The number of thiocarbonyl (C=S) groups is 1. The van der Waals surface area contributed by atoms with E-state index in [0.29, 0.717) is 6.54 Å². The van der Waals surface area contributed by atoms with E-state index in [0.717, 1.165) is 23.4 Å². The van der Waals surface area contributed by atoms with Crippen molar-refractivity contribution in [3.63, 3.8) is 0 Å². The normalized spacial score (nSPS) is 19.2. The Labute approximate surface area is 125 Å². The van der Waals surface area contributed by atoms with E-state index in [-0.39, 0.29) is 12.0 Å². The SMILES string of the molecule is CC(C)(C)OC(=O)[C@H]1CCC(=S)N1Cc1ccccc1. The van der Waals surface area contributed by atoms with Gasteiger partial charge in [0.2, 0.25) is 0 Å². The molecule has 1 aliphatic rings. The molecule has 0 amide bonds. The molecule has 0 saturated carbocycles. The molecule has 0 N–H and O–H groups in total. The lowest BCUT2D eigenvalue weighted by molar-refractivity contribution is -0.159. The van der Waals surface area contributed by atoms with Crippen molar-refractivity contribution in [1.82, 2.24) is 4.90 Å². The van der Waals surface area contributed by atoms with Gasteiger partial charge in [0.15, 0.2) is 0 Å². The van der Waals surface area contributed by atoms with Gasteiger partial charge in [-0.05, 0) is 32.8 Å². The van der Waals surface area contributed by atoms with Crippen LogP contribution in [0.4, 0.5) is 0 Å². The van der Waals surface area contributed by atoms with Crippen molar-refractivity contribution in [1.29, 1.82) is 0 Å². The van der Waals surface area contributed by atoms with Crippen molar-refractivity contribution in [2.45, 2.75) is 51.8 Å². The van der Waals surface area contributed by atoms with Crippen molar-refractivity contribution in [3.8, 4) is 0 Å². The van der Waals surface area contributed by atoms with Crippen LogP contribution in [0.2, 0.25) is 0 Å². The highest BCUT2D eigenvalue weighted by atomic mass is 32.1. The topological polar surface area (TPSA) is 29.5 Å². The number of nitrogens with zero attached hydrogens (tertiary/aromatic N) is 1. The Morgan fingerprint density at radius 1 is 1.35 bits per heavy atom. The lowest BCUT2D eigenvalue weighted by Gasteiger charge is -2.28. The second-order valence-corrected chi connectivity index (χ2v) is 6.57. The van der Waals surface area contributed by atoms with Crippen LogP contribution < -0.4 is 0 Å². The standard InChI is InChI=1S/C16H21NO2S/c1-16(2,3)19-15(18)13-9-10-14(20)17(13)11-12-7-5-4-6-8-12/h4-8,13H,9-11H2,1-3H3/t13-/m1/s1. The first kappa shape index (κ1) is 15.0. The molecular formula is C16H21NO2S. The molecule has 0 spiro atoms. The second kappa shape index (κ2) is 5.92. The maximum atomic E-state index is 12.3. The minimum Gasteiger partial charge on any atom is -0.458 e. The summed E-state index contributed by atoms with van der Waals surface area (Å²) in [5, 5.41) is 0. The molecule has 108 valence electrons. The fourth-order valence-corrected chi connectivity index (χ4v) is 2.64. The van der Waals surface area contributed by atoms with Gasteiger partial charge in [-0.2, -0.15) is 0 Å². The third kappa shape index (κ3) is 3.79. The van der Waals surface area contributed by atoms with Crippen LogP contribution in [0.1, 0.15) is 39.2 Å². The van der Waals surface area contributed by atoms with Crippen LogP contribution in [0.25, 0.3) is 0 Å². The molecule has 0 aliphatic carbocycles. The van der Waals surface area contributed by atoms with E-state index in [1.807, 2.05) is 56.0 Å². The largest absolute Gasteiger partial charge is 0.458 e. The lowest BCUT2D eigenvalue weighted by Crippen LogP contribution is -2.41. The van der Waals surface area contributed by atoms with Crippen molar-refractivity contribution >= 4 is 23.2 Å². The summed E-state index contributed by atoms with van der Waals surface area (Å²) < 4.78 is 5.50. The van der Waals surface area contributed by atoms with E-state index >= 15 is 0 Å². The summed E-state index contributed by atoms with van der Waals surface area (Å²) in [7, 11) is 0. The van der Waals surface area contributed by atoms with Crippen LogP contribution in [0.5, 0.6) is 0 Å². The van der Waals surface area contributed by atoms with Crippen LogP contribution in [0.3, 0.4) is 0 Å². The number of likely N-dealkylation sites (tertiary alicyclic amines) is 1. The van der Waals surface area contributed by atoms with Gasteiger partial charge in [-0.3, -0.25) is 0 Å². The van der Waals surface area contributed by atoms with Crippen LogP contribution in [0, 0.1) is 0 Å². The molecular weight excluding hydrogens is 270 g/mol. The van der Waals surface area contributed by atoms with Gasteiger partial charge < -0.3 is 9.64 Å². The number of hydrogen-bond acceptors (Lipinski definition) is 3. The van der Waals surface area contributed by atoms with Gasteiger partial charge in [-0.15, -0.1) is 0 Å². The summed E-state index contributed by atoms with van der Waals surface area (Å²) in [6, 6.07) is 9.83. The van der Waals surface area contributed by atoms with Crippen LogP contribution in [-0.4, -0.2) is 27.5 Å². The van der Waals surface area contributed by atoms with E-state index < -0.39 is 5.60 Å². The van der Waals surface area contributed by atoms with E-state index in [1.54, 1.807) is 0 Å². The van der Waals surface area contributed by atoms with Crippen molar-refractivity contribution < 1.29 is 9.53 Å². The van der Waals surface area contributed by atoms with Gasteiger partial charge in [0.05, 0.1) is 4.99 Å². The molecule has 0 radical (unpaired) electrons. The number of ether oxygens (including phenoxy) is 1. The summed E-state index contributed by atoms with van der Waals surface area (Å²) in [6.07, 6.45) is 1.53. The Morgan fingerprint density at radius 2 is 2.00 bits per heavy atom. The van der Waals surface area contributed by atoms with Crippen molar-refractivity contribution in [2.75, 3.05) is 0 Å². The first-order chi connectivity index (χ1) is 9.37. The molecule has 20 heavy (non-hydrogen) atoms. The average Bonchev–Trinajstić information content (AvgIpc) is 2.70. The number of esters is 1. The highest BCUT2D eigenvalue weighted by Gasteiger charge is 2.36. The Balaban J connectivity index is 2.09. The molecule has 0 unspecified atom stereocenters. The smallest absolute Gasteiger partial charge is 0.329 e. The minimum absolute atomic E-state index is 0.173. The number of hydrogen-bond donors (Lipinski definition) is 0. The third-order valence-electron chi connectivity index (χ3n) is 3.20. The molecule has 1 aromatic rings. The summed E-state index contributed by atoms with van der Waals surface area (Å²) in [4.78, 5) is 15.1. The quantitative estimate of drug-likeness (QED) is 0.631. The fourth-order valence-electron chi connectivity index (χ4n) is 2.33. The van der Waals surface area contributed by atoms with E-state index in [9.17, 15) is 4.79 Å². The summed E-state index contributed by atoms with van der Waals surface area (Å²) in [5.41, 5.74) is 0.699. The first-order valence-electron chi connectivity index (χ1n) is 6.93. The molecule has 0 aromatic heterocycles. The lowest BCUT2D eigenvalue weighted by atomic mass is 10.1. The van der Waals surface area contributed by atoms with Crippen molar-refractivity contribution in [2.24, 2.45) is 0 Å². The number of carbonyl (C=O) groups is 1. The van der Waals surface area contributed by atoms with Gasteiger partial charge in [0.25, 0.3) is 0 Å². The highest BCUT2D eigenvalue weighted by Crippen LogP contribution is 2.25. The van der Waals surface area contributed by atoms with Gasteiger partial charge in [-0.25, -0.2) is 4.79 Å². The molecule has 1 aliphatic heterocycles. The van der Waals surface area contributed by atoms with Crippen molar-refractivity contribution in [3.05, 3.63) is 35.9 Å². The average molecular weight is 291 g/mol. The Morgan fingerprint density at radius 3 is 2.60 bits per heavy atom. The number of rotatable bonds is 3. The molecule has 1 fully saturated rings. The summed E-state index contributed by atoms with van der Waals surface area (Å²) in [5.74, 6) is -0.173. The number of benzene rings is 1. The Kier molecular flexibility index (Phi) is 4.43. The summed E-state index contributed by atoms with van der Waals surface area (Å²) >= 11 is 5.40. The predicted octanol–water partition coefficient (Wildman–Crippen LogP) is 3.32. The molecule has 1 atom stereocenters. The van der Waals surface area contributed by atoms with E-state index in [4.69, 9.17) is 17.0 Å². The summed E-state index contributed by atoms with van der Waals surface area (Å²) in [6.45, 7) is 6.34. The van der Waals surface area contributed by atoms with Gasteiger partial charge in [0, 0.05) is 13.0 Å². The zero-order chi connectivity index (χ0) is 14.8. The Bertz CT molecular complexity index is 493. The predicted molar refractivity (Wildman–Crippen MR) is 83.5 cm³/mol. The molecule has 0 bridgehead atoms. The second-order valence-electron chi connectivity index (χ2n) is 6.10. The zero-order valence-electron chi connectivity index (χ0n) is 12.3. The van der Waals surface area contributed by atoms with Crippen LogP contribution >= 0.6 is 12.2 Å². The first-order valence-corrected chi connectivity index (χ1v) is 7.34. The fraction of sp³-hybridized carbons (Fsp3) is 0.500. The molecule has 4 heteroatoms. The zero-order valence-corrected chi connectivity index (χ0v) is 13.1. The highest BCUT2D eigenvalue weighted by molar-refractivity contribution is 7.80.